The minimum absolute atomic E-state index is 0.630. The van der Waals surface area contributed by atoms with Gasteiger partial charge in [-0.15, -0.1) is 0 Å². The maximum Gasteiger partial charge on any atom is 0.164 e. The maximum absolute atomic E-state index is 5.11. The van der Waals surface area contributed by atoms with Gasteiger partial charge in [-0.1, -0.05) is 176 Å². The van der Waals surface area contributed by atoms with Crippen molar-refractivity contribution >= 4 is 43.4 Å². The van der Waals surface area contributed by atoms with E-state index in [1.165, 1.54) is 43.5 Å². The van der Waals surface area contributed by atoms with Crippen LogP contribution in [0.4, 0.5) is 0 Å². The minimum atomic E-state index is 0.630. The van der Waals surface area contributed by atoms with E-state index in [0.717, 1.165) is 44.5 Å². The Hall–Kier alpha value is -7.69. The SMILES string of the molecule is c1ccc(-c2ccc(-c3nc(-c4cccc(-c5ccc(-n6c7ccccc7c7ccc8ccccc8c76)cc5)c4)nc(-c4ccc5ccccc5c4)n3)cc2)cc1. The molecule has 0 bridgehead atoms. The first kappa shape index (κ1) is 32.7. The Morgan fingerprint density at radius 1 is 0.281 bits per heavy atom. The number of benzene rings is 9. The second-order valence-electron chi connectivity index (χ2n) is 14.5. The van der Waals surface area contributed by atoms with Crippen molar-refractivity contribution in [3.05, 3.63) is 206 Å². The number of aromatic nitrogens is 4. The summed E-state index contributed by atoms with van der Waals surface area (Å²) in [6.45, 7) is 0. The van der Waals surface area contributed by atoms with E-state index in [9.17, 15) is 0 Å². The molecule has 0 N–H and O–H groups in total. The third-order valence-electron chi connectivity index (χ3n) is 11.0. The van der Waals surface area contributed by atoms with Crippen molar-refractivity contribution in [1.29, 1.82) is 0 Å². The zero-order valence-electron chi connectivity index (χ0n) is 30.9. The van der Waals surface area contributed by atoms with E-state index in [4.69, 9.17) is 15.0 Å². The molecule has 57 heavy (non-hydrogen) atoms. The van der Waals surface area contributed by atoms with Gasteiger partial charge in [0.25, 0.3) is 0 Å². The largest absolute Gasteiger partial charge is 0.309 e. The molecule has 11 rings (SSSR count). The molecule has 11 aromatic rings. The second kappa shape index (κ2) is 13.6. The van der Waals surface area contributed by atoms with E-state index in [-0.39, 0.29) is 0 Å². The lowest BCUT2D eigenvalue weighted by Crippen LogP contribution is -2.00. The molecule has 0 spiro atoms. The Labute approximate surface area is 330 Å². The fourth-order valence-electron chi connectivity index (χ4n) is 8.17. The summed E-state index contributed by atoms with van der Waals surface area (Å²) in [6.07, 6.45) is 0. The lowest BCUT2D eigenvalue weighted by molar-refractivity contribution is 1.07. The molecule has 0 aliphatic heterocycles. The monoisotopic (exact) mass is 726 g/mol. The van der Waals surface area contributed by atoms with Crippen LogP contribution in [-0.4, -0.2) is 19.5 Å². The molecule has 0 saturated heterocycles. The van der Waals surface area contributed by atoms with Crippen LogP contribution in [0, 0.1) is 0 Å². The first-order valence-corrected chi connectivity index (χ1v) is 19.3. The summed E-state index contributed by atoms with van der Waals surface area (Å²) in [5.41, 5.74) is 10.9. The number of nitrogens with zero attached hydrogens (tertiary/aromatic N) is 4. The predicted molar refractivity (Wildman–Crippen MR) is 236 cm³/mol. The van der Waals surface area contributed by atoms with Gasteiger partial charge in [0.05, 0.1) is 11.0 Å². The molecule has 2 heterocycles. The second-order valence-corrected chi connectivity index (χ2v) is 14.5. The number of hydrogen-bond acceptors (Lipinski definition) is 3. The van der Waals surface area contributed by atoms with Crippen LogP contribution < -0.4 is 0 Å². The fraction of sp³-hybridized carbons (Fsp3) is 0. The average molecular weight is 727 g/mol. The maximum atomic E-state index is 5.11. The van der Waals surface area contributed by atoms with Crippen LogP contribution in [0.5, 0.6) is 0 Å². The van der Waals surface area contributed by atoms with Crippen molar-refractivity contribution in [1.82, 2.24) is 19.5 Å². The Morgan fingerprint density at radius 2 is 0.789 bits per heavy atom. The van der Waals surface area contributed by atoms with E-state index in [1.54, 1.807) is 0 Å². The lowest BCUT2D eigenvalue weighted by Gasteiger charge is -2.12. The Balaban J connectivity index is 1.00. The smallest absolute Gasteiger partial charge is 0.164 e. The fourth-order valence-corrected chi connectivity index (χ4v) is 8.17. The van der Waals surface area contributed by atoms with Crippen LogP contribution in [-0.2, 0) is 0 Å². The number of fused-ring (bicyclic) bond motifs is 6. The first-order valence-electron chi connectivity index (χ1n) is 19.3. The van der Waals surface area contributed by atoms with Gasteiger partial charge in [-0.2, -0.15) is 0 Å². The van der Waals surface area contributed by atoms with Crippen LogP contribution in [0.15, 0.2) is 206 Å². The van der Waals surface area contributed by atoms with Gasteiger partial charge in [-0.25, -0.2) is 15.0 Å². The highest BCUT2D eigenvalue weighted by atomic mass is 15.0. The summed E-state index contributed by atoms with van der Waals surface area (Å²) in [6, 6.07) is 72.9. The van der Waals surface area contributed by atoms with Crippen molar-refractivity contribution in [2.24, 2.45) is 0 Å². The average Bonchev–Trinajstić information content (AvgIpc) is 3.64. The van der Waals surface area contributed by atoms with Crippen molar-refractivity contribution in [3.63, 3.8) is 0 Å². The Kier molecular flexibility index (Phi) is 7.78. The third kappa shape index (κ3) is 5.83. The molecule has 0 unspecified atom stereocenters. The Bertz CT molecular complexity index is 3270. The van der Waals surface area contributed by atoms with Crippen LogP contribution in [0.2, 0.25) is 0 Å². The topological polar surface area (TPSA) is 43.6 Å². The van der Waals surface area contributed by atoms with Crippen molar-refractivity contribution in [2.75, 3.05) is 0 Å². The highest BCUT2D eigenvalue weighted by molar-refractivity contribution is 6.18. The Morgan fingerprint density at radius 3 is 1.58 bits per heavy atom. The van der Waals surface area contributed by atoms with E-state index >= 15 is 0 Å². The van der Waals surface area contributed by atoms with Gasteiger partial charge in [0.2, 0.25) is 0 Å². The van der Waals surface area contributed by atoms with Crippen LogP contribution in [0.25, 0.3) is 105 Å². The molecule has 0 atom stereocenters. The molecular formula is C53H34N4. The molecule has 0 fully saturated rings. The number of hydrogen-bond donors (Lipinski definition) is 0. The molecule has 0 aliphatic rings. The van der Waals surface area contributed by atoms with Gasteiger partial charge >= 0.3 is 0 Å². The molecule has 0 amide bonds. The summed E-state index contributed by atoms with van der Waals surface area (Å²) in [5.74, 6) is 1.91. The molecule has 4 nitrogen and oxygen atoms in total. The molecule has 0 aliphatic carbocycles. The summed E-state index contributed by atoms with van der Waals surface area (Å²) >= 11 is 0. The van der Waals surface area contributed by atoms with E-state index < -0.39 is 0 Å². The van der Waals surface area contributed by atoms with Gasteiger partial charge in [-0.05, 0) is 68.7 Å². The number of para-hydroxylation sites is 1. The van der Waals surface area contributed by atoms with Crippen LogP contribution >= 0.6 is 0 Å². The van der Waals surface area contributed by atoms with Gasteiger partial charge in [0, 0.05) is 38.5 Å². The predicted octanol–water partition coefficient (Wildman–Crippen LogP) is 13.6. The summed E-state index contributed by atoms with van der Waals surface area (Å²) in [4.78, 5) is 15.3. The van der Waals surface area contributed by atoms with Crippen molar-refractivity contribution in [3.8, 4) is 62.1 Å². The molecule has 266 valence electrons. The van der Waals surface area contributed by atoms with E-state index in [2.05, 4.69) is 205 Å². The van der Waals surface area contributed by atoms with Gasteiger partial charge in [0.15, 0.2) is 17.5 Å². The highest BCUT2D eigenvalue weighted by Crippen LogP contribution is 2.37. The molecule has 4 heteroatoms. The van der Waals surface area contributed by atoms with Crippen LogP contribution in [0.3, 0.4) is 0 Å². The van der Waals surface area contributed by atoms with Crippen molar-refractivity contribution < 1.29 is 0 Å². The van der Waals surface area contributed by atoms with Gasteiger partial charge < -0.3 is 4.57 Å². The number of rotatable bonds is 6. The first-order chi connectivity index (χ1) is 28.2. The molecular weight excluding hydrogens is 693 g/mol. The van der Waals surface area contributed by atoms with Crippen LogP contribution in [0.1, 0.15) is 0 Å². The summed E-state index contributed by atoms with van der Waals surface area (Å²) in [5, 5.41) is 7.31. The molecule has 2 aromatic heterocycles. The highest BCUT2D eigenvalue weighted by Gasteiger charge is 2.16. The summed E-state index contributed by atoms with van der Waals surface area (Å²) in [7, 11) is 0. The molecule has 9 aromatic carbocycles. The van der Waals surface area contributed by atoms with E-state index in [1.807, 2.05) is 6.07 Å². The zero-order chi connectivity index (χ0) is 37.7. The van der Waals surface area contributed by atoms with Crippen molar-refractivity contribution in [2.45, 2.75) is 0 Å². The third-order valence-corrected chi connectivity index (χ3v) is 11.0. The summed E-state index contributed by atoms with van der Waals surface area (Å²) < 4.78 is 2.40. The minimum Gasteiger partial charge on any atom is -0.309 e. The van der Waals surface area contributed by atoms with Gasteiger partial charge in [-0.3, -0.25) is 0 Å². The van der Waals surface area contributed by atoms with E-state index in [0.29, 0.717) is 17.5 Å². The van der Waals surface area contributed by atoms with Gasteiger partial charge in [0.1, 0.15) is 0 Å². The molecule has 0 saturated carbocycles. The lowest BCUT2D eigenvalue weighted by atomic mass is 10.0. The normalized spacial score (nSPS) is 11.5. The molecule has 0 radical (unpaired) electrons. The zero-order valence-corrected chi connectivity index (χ0v) is 30.9. The standard InChI is InChI=1S/C53H34N4/c1-2-11-35(12-3-1)37-21-24-40(25-22-37)51-54-52(56-53(55-51)44-26-23-36-13-4-5-15-41(36)34-44)43-17-10-16-42(33-43)38-27-30-45(31-28-38)57-49-20-9-8-19-47(49)48-32-29-39-14-6-7-18-46(39)50(48)57/h1-34H. The quantitative estimate of drug-likeness (QED) is 0.171.